The summed E-state index contributed by atoms with van der Waals surface area (Å²) in [5.74, 6) is 0.606. The Morgan fingerprint density at radius 1 is 1.14 bits per heavy atom. The van der Waals surface area contributed by atoms with Crippen molar-refractivity contribution in [3.8, 4) is 6.07 Å². The van der Waals surface area contributed by atoms with Gasteiger partial charge in [-0.25, -0.2) is 0 Å². The second kappa shape index (κ2) is 9.92. The lowest BCUT2D eigenvalue weighted by Crippen LogP contribution is -2.21. The van der Waals surface area contributed by atoms with Gasteiger partial charge in [-0.3, -0.25) is 4.79 Å². The molecule has 1 amide bonds. The first-order chi connectivity index (χ1) is 14.2. The molecule has 0 bridgehead atoms. The number of hydrogen-bond acceptors (Lipinski definition) is 8. The molecule has 4 rings (SSSR count). The zero-order chi connectivity index (χ0) is 20.1. The molecule has 9 heteroatoms. The van der Waals surface area contributed by atoms with Crippen LogP contribution in [0, 0.1) is 11.3 Å². The van der Waals surface area contributed by atoms with E-state index in [2.05, 4.69) is 26.9 Å². The summed E-state index contributed by atoms with van der Waals surface area (Å²) in [6, 6.07) is 2.81. The van der Waals surface area contributed by atoms with Crippen LogP contribution in [0.3, 0.4) is 0 Å². The van der Waals surface area contributed by atoms with Gasteiger partial charge in [-0.15, -0.1) is 21.5 Å². The van der Waals surface area contributed by atoms with Crippen LogP contribution in [0.5, 0.6) is 0 Å². The molecule has 154 valence electrons. The van der Waals surface area contributed by atoms with Gasteiger partial charge in [-0.1, -0.05) is 42.4 Å². The first-order valence-electron chi connectivity index (χ1n) is 10.3. The molecular formula is C20H25N5OS3. The number of fused-ring (bicyclic) bond motifs is 1. The highest BCUT2D eigenvalue weighted by Gasteiger charge is 2.22. The first kappa shape index (κ1) is 20.6. The predicted octanol–water partition coefficient (Wildman–Crippen LogP) is 5.22. The summed E-state index contributed by atoms with van der Waals surface area (Å²) < 4.78 is 0.889. The van der Waals surface area contributed by atoms with E-state index >= 15 is 0 Å². The maximum absolute atomic E-state index is 12.4. The summed E-state index contributed by atoms with van der Waals surface area (Å²) >= 11 is 4.70. The van der Waals surface area contributed by atoms with Crippen LogP contribution in [-0.2, 0) is 17.6 Å². The molecule has 2 heterocycles. The number of aromatic nitrogens is 2. The number of aryl methyl sites for hydroxylation is 1. The summed E-state index contributed by atoms with van der Waals surface area (Å²) in [4.78, 5) is 13.6. The SMILES string of the molecule is N#Cc1c(NC(=O)CCSc2nnc(NC3CCCCC3)s2)sc2c1CCCC2. The van der Waals surface area contributed by atoms with Crippen LogP contribution in [0.2, 0.25) is 0 Å². The Hall–Kier alpha value is -1.63. The molecule has 1 fully saturated rings. The van der Waals surface area contributed by atoms with Gasteiger partial charge in [0.1, 0.15) is 11.1 Å². The number of carbonyl (C=O) groups excluding carboxylic acids is 1. The molecule has 0 aliphatic heterocycles. The molecule has 2 N–H and O–H groups in total. The fraction of sp³-hybridized carbons (Fsp3) is 0.600. The van der Waals surface area contributed by atoms with Crippen LogP contribution in [0.25, 0.3) is 0 Å². The van der Waals surface area contributed by atoms with Crippen molar-refractivity contribution in [2.24, 2.45) is 0 Å². The van der Waals surface area contributed by atoms with Gasteiger partial charge < -0.3 is 10.6 Å². The van der Waals surface area contributed by atoms with Crippen molar-refractivity contribution < 1.29 is 4.79 Å². The van der Waals surface area contributed by atoms with Gasteiger partial charge in [0.25, 0.3) is 0 Å². The third-order valence-corrected chi connectivity index (χ3v) is 8.63. The van der Waals surface area contributed by atoms with Gasteiger partial charge in [-0.2, -0.15) is 5.26 Å². The minimum absolute atomic E-state index is 0.0438. The molecule has 29 heavy (non-hydrogen) atoms. The van der Waals surface area contributed by atoms with Crippen LogP contribution in [-0.4, -0.2) is 27.9 Å². The maximum Gasteiger partial charge on any atom is 0.225 e. The molecule has 1 saturated carbocycles. The third kappa shape index (κ3) is 5.30. The summed E-state index contributed by atoms with van der Waals surface area (Å²) in [5.41, 5.74) is 1.83. The lowest BCUT2D eigenvalue weighted by Gasteiger charge is -2.21. The smallest absolute Gasteiger partial charge is 0.225 e. The first-order valence-corrected chi connectivity index (χ1v) is 12.9. The molecule has 0 aromatic carbocycles. The Morgan fingerprint density at radius 3 is 2.79 bits per heavy atom. The molecule has 2 aromatic rings. The Balaban J connectivity index is 1.24. The van der Waals surface area contributed by atoms with E-state index in [1.807, 2.05) is 0 Å². The molecule has 0 unspecified atom stereocenters. The topological polar surface area (TPSA) is 90.7 Å². The van der Waals surface area contributed by atoms with Crippen molar-refractivity contribution in [3.63, 3.8) is 0 Å². The number of rotatable bonds is 7. The molecule has 0 saturated heterocycles. The van der Waals surface area contributed by atoms with Crippen LogP contribution < -0.4 is 10.6 Å². The molecule has 0 spiro atoms. The Morgan fingerprint density at radius 2 is 1.97 bits per heavy atom. The van der Waals surface area contributed by atoms with E-state index in [9.17, 15) is 10.1 Å². The van der Waals surface area contributed by atoms with Crippen LogP contribution in [0.1, 0.15) is 67.4 Å². The van der Waals surface area contributed by atoms with Crippen molar-refractivity contribution in [1.82, 2.24) is 10.2 Å². The monoisotopic (exact) mass is 447 g/mol. The summed E-state index contributed by atoms with van der Waals surface area (Å²) in [6.45, 7) is 0. The minimum atomic E-state index is -0.0438. The predicted molar refractivity (Wildman–Crippen MR) is 120 cm³/mol. The number of amides is 1. The lowest BCUT2D eigenvalue weighted by atomic mass is 9.96. The van der Waals surface area contributed by atoms with Crippen LogP contribution in [0.15, 0.2) is 4.34 Å². The van der Waals surface area contributed by atoms with Crippen molar-refractivity contribution in [2.75, 3.05) is 16.4 Å². The van der Waals surface area contributed by atoms with Gasteiger partial charge in [0.2, 0.25) is 11.0 Å². The van der Waals surface area contributed by atoms with Crippen molar-refractivity contribution >= 4 is 50.5 Å². The lowest BCUT2D eigenvalue weighted by molar-refractivity contribution is -0.115. The van der Waals surface area contributed by atoms with E-state index < -0.39 is 0 Å². The molecule has 2 aromatic heterocycles. The van der Waals surface area contributed by atoms with Crippen molar-refractivity contribution in [2.45, 2.75) is 74.6 Å². The number of hydrogen-bond donors (Lipinski definition) is 2. The number of carbonyl (C=O) groups is 1. The van der Waals surface area contributed by atoms with Gasteiger partial charge in [0, 0.05) is 23.1 Å². The quantitative estimate of drug-likeness (QED) is 0.566. The van der Waals surface area contributed by atoms with E-state index in [1.54, 1.807) is 34.4 Å². The molecule has 0 radical (unpaired) electrons. The standard InChI is InChI=1S/C20H25N5OS3/c21-12-15-14-8-4-5-9-16(14)28-18(15)23-17(26)10-11-27-20-25-24-19(29-20)22-13-6-2-1-3-7-13/h13H,1-11H2,(H,22,24)(H,23,26). The van der Waals surface area contributed by atoms with Gasteiger partial charge >= 0.3 is 0 Å². The summed E-state index contributed by atoms with van der Waals surface area (Å²) in [7, 11) is 0. The van der Waals surface area contributed by atoms with Crippen LogP contribution >= 0.6 is 34.4 Å². The second-order valence-electron chi connectivity index (χ2n) is 7.53. The number of nitriles is 1. The van der Waals surface area contributed by atoms with E-state index in [0.29, 0.717) is 23.8 Å². The van der Waals surface area contributed by atoms with Crippen molar-refractivity contribution in [1.29, 1.82) is 5.26 Å². The number of nitrogens with one attached hydrogen (secondary N) is 2. The second-order valence-corrected chi connectivity index (χ2v) is 11.0. The van der Waals surface area contributed by atoms with Crippen molar-refractivity contribution in [3.05, 3.63) is 16.0 Å². The average molecular weight is 448 g/mol. The zero-order valence-corrected chi connectivity index (χ0v) is 18.8. The third-order valence-electron chi connectivity index (χ3n) is 5.43. The number of anilines is 2. The Labute approximate surface area is 183 Å². The molecular weight excluding hydrogens is 422 g/mol. The fourth-order valence-corrected chi connectivity index (χ4v) is 7.03. The fourth-order valence-electron chi connectivity index (χ4n) is 3.94. The molecule has 2 aliphatic rings. The Bertz CT molecular complexity index is 895. The largest absolute Gasteiger partial charge is 0.357 e. The number of thiophene rings is 1. The minimum Gasteiger partial charge on any atom is -0.357 e. The van der Waals surface area contributed by atoms with E-state index in [0.717, 1.165) is 39.3 Å². The molecule has 6 nitrogen and oxygen atoms in total. The molecule has 2 aliphatic carbocycles. The van der Waals surface area contributed by atoms with Crippen LogP contribution in [0.4, 0.5) is 10.1 Å². The number of nitrogens with zero attached hydrogens (tertiary/aromatic N) is 3. The van der Waals surface area contributed by atoms with Gasteiger partial charge in [0.15, 0.2) is 4.34 Å². The van der Waals surface area contributed by atoms with E-state index in [-0.39, 0.29) is 5.91 Å². The highest BCUT2D eigenvalue weighted by Crippen LogP contribution is 2.37. The van der Waals surface area contributed by atoms with Gasteiger partial charge in [0.05, 0.1) is 5.56 Å². The highest BCUT2D eigenvalue weighted by atomic mass is 32.2. The Kier molecular flexibility index (Phi) is 7.06. The highest BCUT2D eigenvalue weighted by molar-refractivity contribution is 8.01. The van der Waals surface area contributed by atoms with E-state index in [4.69, 9.17) is 0 Å². The van der Waals surface area contributed by atoms with E-state index in [1.165, 1.54) is 43.4 Å². The summed E-state index contributed by atoms with van der Waals surface area (Å²) in [6.07, 6.45) is 11.0. The zero-order valence-electron chi connectivity index (χ0n) is 16.3. The summed E-state index contributed by atoms with van der Waals surface area (Å²) in [5, 5.41) is 26.0. The average Bonchev–Trinajstić information content (AvgIpc) is 3.32. The maximum atomic E-state index is 12.4. The number of thioether (sulfide) groups is 1. The molecule has 0 atom stereocenters. The van der Waals surface area contributed by atoms with Gasteiger partial charge in [-0.05, 0) is 44.1 Å². The normalized spacial score (nSPS) is 16.8.